The largest absolute Gasteiger partial charge is 0.480 e. The molecule has 0 saturated carbocycles. The van der Waals surface area contributed by atoms with Gasteiger partial charge in [-0.2, -0.15) is 4.98 Å². The number of hydrogen-bond acceptors (Lipinski definition) is 4. The third kappa shape index (κ3) is 2.36. The summed E-state index contributed by atoms with van der Waals surface area (Å²) in [6.45, 7) is 4.90. The number of methoxy groups -OCH3 is 1. The van der Waals surface area contributed by atoms with E-state index in [-0.39, 0.29) is 0 Å². The summed E-state index contributed by atoms with van der Waals surface area (Å²) < 4.78 is 7.43. The lowest BCUT2D eigenvalue weighted by atomic mass is 10.1. The monoisotopic (exact) mass is 287 g/mol. The van der Waals surface area contributed by atoms with E-state index in [2.05, 4.69) is 46.7 Å². The number of aryl methyl sites for hydroxylation is 2. The fourth-order valence-electron chi connectivity index (χ4n) is 2.40. The molecule has 0 atom stereocenters. The average molecular weight is 287 g/mol. The highest BCUT2D eigenvalue weighted by atomic mass is 32.1. The number of hydrogen-bond donors (Lipinski definition) is 1. The third-order valence-corrected chi connectivity index (χ3v) is 3.96. The summed E-state index contributed by atoms with van der Waals surface area (Å²) >= 11 is 1.61. The molecule has 1 aromatic carbocycles. The molecule has 2 heterocycles. The summed E-state index contributed by atoms with van der Waals surface area (Å²) in [4.78, 5) is 5.42. The molecule has 0 aliphatic rings. The first kappa shape index (κ1) is 13.0. The van der Waals surface area contributed by atoms with E-state index in [0.29, 0.717) is 12.4 Å². The number of thiazole rings is 1. The first-order valence-electron chi connectivity index (χ1n) is 6.48. The van der Waals surface area contributed by atoms with Crippen LogP contribution in [0.5, 0.6) is 5.88 Å². The molecule has 0 unspecified atom stereocenters. The van der Waals surface area contributed by atoms with Gasteiger partial charge in [0.25, 0.3) is 0 Å². The van der Waals surface area contributed by atoms with Gasteiger partial charge in [-0.05, 0) is 37.1 Å². The first-order chi connectivity index (χ1) is 9.67. The molecule has 0 amide bonds. The van der Waals surface area contributed by atoms with E-state index in [0.717, 1.165) is 16.3 Å². The SMILES string of the molecule is COc1nc2sccn2c1CNc1cc(C)cc(C)c1. The predicted octanol–water partition coefficient (Wildman–Crippen LogP) is 3.63. The van der Waals surface area contributed by atoms with Crippen LogP contribution in [0.15, 0.2) is 29.8 Å². The number of aromatic nitrogens is 2. The van der Waals surface area contributed by atoms with E-state index in [4.69, 9.17) is 4.74 Å². The second-order valence-corrected chi connectivity index (χ2v) is 5.73. The quantitative estimate of drug-likeness (QED) is 0.796. The van der Waals surface area contributed by atoms with E-state index < -0.39 is 0 Å². The van der Waals surface area contributed by atoms with Crippen molar-refractivity contribution >= 4 is 22.0 Å². The van der Waals surface area contributed by atoms with Gasteiger partial charge in [0.05, 0.1) is 13.7 Å². The number of rotatable bonds is 4. The molecular formula is C15H17N3OS. The van der Waals surface area contributed by atoms with Crippen LogP contribution in [0.4, 0.5) is 5.69 Å². The Kier molecular flexibility index (Phi) is 3.36. The van der Waals surface area contributed by atoms with Crippen molar-refractivity contribution in [1.82, 2.24) is 9.38 Å². The average Bonchev–Trinajstić information content (AvgIpc) is 2.95. The van der Waals surface area contributed by atoms with E-state index in [1.165, 1.54) is 11.1 Å². The van der Waals surface area contributed by atoms with E-state index in [1.54, 1.807) is 18.4 Å². The fraction of sp³-hybridized carbons (Fsp3) is 0.267. The van der Waals surface area contributed by atoms with Crippen LogP contribution in [0.25, 0.3) is 4.96 Å². The number of imidazole rings is 1. The predicted molar refractivity (Wildman–Crippen MR) is 82.9 cm³/mol. The molecule has 0 bridgehead atoms. The standard InChI is InChI=1S/C15H17N3OS/c1-10-6-11(2)8-12(7-10)16-9-13-14(19-3)17-15-18(13)4-5-20-15/h4-8,16H,9H2,1-3H3. The Labute approximate surface area is 122 Å². The second-order valence-electron chi connectivity index (χ2n) is 4.85. The zero-order valence-corrected chi connectivity index (χ0v) is 12.6. The van der Waals surface area contributed by atoms with Gasteiger partial charge in [-0.1, -0.05) is 6.07 Å². The Balaban J connectivity index is 1.87. The normalized spacial score (nSPS) is 10.9. The molecule has 20 heavy (non-hydrogen) atoms. The summed E-state index contributed by atoms with van der Waals surface area (Å²) in [5.41, 5.74) is 4.68. The van der Waals surface area contributed by atoms with Crippen LogP contribution in [0.1, 0.15) is 16.8 Å². The van der Waals surface area contributed by atoms with Crippen LogP contribution >= 0.6 is 11.3 Å². The van der Waals surface area contributed by atoms with Gasteiger partial charge in [-0.25, -0.2) is 0 Å². The van der Waals surface area contributed by atoms with Crippen molar-refractivity contribution in [3.05, 3.63) is 46.6 Å². The highest BCUT2D eigenvalue weighted by Gasteiger charge is 2.13. The number of anilines is 1. The molecule has 0 spiro atoms. The summed E-state index contributed by atoms with van der Waals surface area (Å²) in [5.74, 6) is 0.689. The minimum Gasteiger partial charge on any atom is -0.480 e. The number of nitrogens with zero attached hydrogens (tertiary/aromatic N) is 2. The lowest BCUT2D eigenvalue weighted by Crippen LogP contribution is -2.04. The maximum atomic E-state index is 5.36. The van der Waals surface area contributed by atoms with Gasteiger partial charge in [-0.15, -0.1) is 11.3 Å². The van der Waals surface area contributed by atoms with Crippen molar-refractivity contribution in [1.29, 1.82) is 0 Å². The summed E-state index contributed by atoms with van der Waals surface area (Å²) in [6.07, 6.45) is 2.02. The maximum absolute atomic E-state index is 5.36. The summed E-state index contributed by atoms with van der Waals surface area (Å²) in [6, 6.07) is 6.46. The Hall–Kier alpha value is -2.01. The molecule has 5 heteroatoms. The second kappa shape index (κ2) is 5.17. The van der Waals surface area contributed by atoms with Gasteiger partial charge in [-0.3, -0.25) is 4.40 Å². The van der Waals surface area contributed by atoms with Crippen molar-refractivity contribution in [2.24, 2.45) is 0 Å². The Bertz CT molecular complexity index is 724. The fourth-order valence-corrected chi connectivity index (χ4v) is 3.12. The Morgan fingerprint density at radius 1 is 1.25 bits per heavy atom. The summed E-state index contributed by atoms with van der Waals surface area (Å²) in [7, 11) is 1.66. The maximum Gasteiger partial charge on any atom is 0.238 e. The molecule has 0 saturated heterocycles. The highest BCUT2D eigenvalue weighted by Crippen LogP contribution is 2.24. The highest BCUT2D eigenvalue weighted by molar-refractivity contribution is 7.15. The lowest BCUT2D eigenvalue weighted by Gasteiger charge is -2.09. The van der Waals surface area contributed by atoms with Crippen molar-refractivity contribution < 1.29 is 4.74 Å². The molecule has 104 valence electrons. The zero-order chi connectivity index (χ0) is 14.1. The van der Waals surface area contributed by atoms with Crippen LogP contribution < -0.4 is 10.1 Å². The van der Waals surface area contributed by atoms with Crippen molar-refractivity contribution in [2.75, 3.05) is 12.4 Å². The van der Waals surface area contributed by atoms with Gasteiger partial charge in [0, 0.05) is 17.3 Å². The van der Waals surface area contributed by atoms with E-state index in [9.17, 15) is 0 Å². The van der Waals surface area contributed by atoms with Crippen LogP contribution in [-0.2, 0) is 6.54 Å². The van der Waals surface area contributed by atoms with Gasteiger partial charge in [0.15, 0.2) is 4.96 Å². The summed E-state index contributed by atoms with van der Waals surface area (Å²) in [5, 5.41) is 5.48. The van der Waals surface area contributed by atoms with Crippen LogP contribution in [0, 0.1) is 13.8 Å². The molecule has 0 aliphatic heterocycles. The minimum atomic E-state index is 0.684. The molecule has 1 N–H and O–H groups in total. The van der Waals surface area contributed by atoms with Crippen LogP contribution in [-0.4, -0.2) is 16.5 Å². The topological polar surface area (TPSA) is 38.6 Å². The van der Waals surface area contributed by atoms with Gasteiger partial charge in [0.2, 0.25) is 5.88 Å². The molecule has 3 aromatic rings. The Morgan fingerprint density at radius 2 is 2.00 bits per heavy atom. The number of fused-ring (bicyclic) bond motifs is 1. The zero-order valence-electron chi connectivity index (χ0n) is 11.8. The van der Waals surface area contributed by atoms with E-state index >= 15 is 0 Å². The molecule has 4 nitrogen and oxygen atoms in total. The molecule has 0 aliphatic carbocycles. The molecule has 2 aromatic heterocycles. The number of ether oxygens (including phenoxy) is 1. The molecule has 3 rings (SSSR count). The minimum absolute atomic E-state index is 0.684. The van der Waals surface area contributed by atoms with Crippen molar-refractivity contribution in [2.45, 2.75) is 20.4 Å². The lowest BCUT2D eigenvalue weighted by molar-refractivity contribution is 0.395. The third-order valence-electron chi connectivity index (χ3n) is 3.20. The van der Waals surface area contributed by atoms with Gasteiger partial charge < -0.3 is 10.1 Å². The van der Waals surface area contributed by atoms with Gasteiger partial charge >= 0.3 is 0 Å². The smallest absolute Gasteiger partial charge is 0.238 e. The van der Waals surface area contributed by atoms with Crippen LogP contribution in [0.3, 0.4) is 0 Å². The number of nitrogens with one attached hydrogen (secondary N) is 1. The number of benzene rings is 1. The molecule has 0 radical (unpaired) electrons. The van der Waals surface area contributed by atoms with Crippen molar-refractivity contribution in [3.63, 3.8) is 0 Å². The Morgan fingerprint density at radius 3 is 2.70 bits per heavy atom. The van der Waals surface area contributed by atoms with Crippen molar-refractivity contribution in [3.8, 4) is 5.88 Å². The van der Waals surface area contributed by atoms with Crippen LogP contribution in [0.2, 0.25) is 0 Å². The molecule has 0 fully saturated rings. The van der Waals surface area contributed by atoms with E-state index in [1.807, 2.05) is 11.6 Å². The first-order valence-corrected chi connectivity index (χ1v) is 7.36. The molecular weight excluding hydrogens is 270 g/mol. The van der Waals surface area contributed by atoms with Gasteiger partial charge in [0.1, 0.15) is 5.69 Å².